The summed E-state index contributed by atoms with van der Waals surface area (Å²) < 4.78 is 5.25. The zero-order chi connectivity index (χ0) is 12.1. The van der Waals surface area contributed by atoms with E-state index in [0.717, 1.165) is 32.1 Å². The van der Waals surface area contributed by atoms with E-state index in [2.05, 4.69) is 30.1 Å². The standard InChI is InChI=1S/C14H24N2O.2ClH/c1-12(2)3-4-14(13-5-10-17-11-13)16-8-6-15-7-9-16;;/h5,10-12,14-15H,3-4,6-9H2,1-2H3;2*1H/t14-;;/m1../s1. The summed E-state index contributed by atoms with van der Waals surface area (Å²) in [7, 11) is 0. The van der Waals surface area contributed by atoms with Gasteiger partial charge in [0.2, 0.25) is 0 Å². The van der Waals surface area contributed by atoms with Crippen LogP contribution in [0.5, 0.6) is 0 Å². The zero-order valence-corrected chi connectivity index (χ0v) is 13.4. The second-order valence-electron chi connectivity index (χ2n) is 5.33. The fraction of sp³-hybridized carbons (Fsp3) is 0.714. The molecule has 112 valence electrons. The van der Waals surface area contributed by atoms with Crippen LogP contribution in [0.1, 0.15) is 38.3 Å². The molecule has 1 aromatic rings. The van der Waals surface area contributed by atoms with E-state index < -0.39 is 0 Å². The lowest BCUT2D eigenvalue weighted by molar-refractivity contribution is 0.159. The highest BCUT2D eigenvalue weighted by Gasteiger charge is 2.22. The Labute approximate surface area is 128 Å². The normalized spacial score (nSPS) is 17.6. The van der Waals surface area contributed by atoms with Crippen LogP contribution in [0.2, 0.25) is 0 Å². The fourth-order valence-electron chi connectivity index (χ4n) is 2.51. The lowest BCUT2D eigenvalue weighted by atomic mass is 9.97. The molecule has 0 unspecified atom stereocenters. The summed E-state index contributed by atoms with van der Waals surface area (Å²) >= 11 is 0. The third kappa shape index (κ3) is 5.74. The van der Waals surface area contributed by atoms with Crippen LogP contribution < -0.4 is 5.32 Å². The van der Waals surface area contributed by atoms with E-state index in [0.29, 0.717) is 6.04 Å². The SMILES string of the molecule is CC(C)CC[C@H](c1ccoc1)N1CCNCC1.Cl.Cl. The molecular formula is C14H26Cl2N2O. The maximum atomic E-state index is 5.25. The van der Waals surface area contributed by atoms with E-state index in [1.54, 1.807) is 6.26 Å². The highest BCUT2D eigenvalue weighted by atomic mass is 35.5. The molecule has 1 aliphatic rings. The van der Waals surface area contributed by atoms with E-state index >= 15 is 0 Å². The highest BCUT2D eigenvalue weighted by molar-refractivity contribution is 5.85. The van der Waals surface area contributed by atoms with Gasteiger partial charge in [-0.05, 0) is 24.8 Å². The Hall–Kier alpha value is -0.220. The second kappa shape index (κ2) is 9.65. The molecule has 0 bridgehead atoms. The molecule has 2 rings (SSSR count). The van der Waals surface area contributed by atoms with Crippen molar-refractivity contribution >= 4 is 24.8 Å². The largest absolute Gasteiger partial charge is 0.472 e. The number of nitrogens with one attached hydrogen (secondary N) is 1. The summed E-state index contributed by atoms with van der Waals surface area (Å²) in [5.41, 5.74) is 1.34. The van der Waals surface area contributed by atoms with Gasteiger partial charge in [0, 0.05) is 37.8 Å². The van der Waals surface area contributed by atoms with Crippen LogP contribution in [0.15, 0.2) is 23.0 Å². The number of halogens is 2. The molecule has 5 heteroatoms. The molecule has 0 aromatic carbocycles. The van der Waals surface area contributed by atoms with Crippen molar-refractivity contribution in [2.24, 2.45) is 5.92 Å². The van der Waals surface area contributed by atoms with Crippen molar-refractivity contribution in [3.63, 3.8) is 0 Å². The lowest BCUT2D eigenvalue weighted by Crippen LogP contribution is -2.45. The summed E-state index contributed by atoms with van der Waals surface area (Å²) in [6, 6.07) is 2.66. The molecule has 1 aromatic heterocycles. The van der Waals surface area contributed by atoms with E-state index in [1.807, 2.05) is 6.26 Å². The Kier molecular flexibility index (Phi) is 9.54. The molecule has 0 aliphatic carbocycles. The van der Waals surface area contributed by atoms with Gasteiger partial charge >= 0.3 is 0 Å². The Bertz CT molecular complexity index is 311. The van der Waals surface area contributed by atoms with Crippen LogP contribution in [-0.4, -0.2) is 31.1 Å². The molecule has 0 spiro atoms. The van der Waals surface area contributed by atoms with Crippen LogP contribution >= 0.6 is 24.8 Å². The summed E-state index contributed by atoms with van der Waals surface area (Å²) in [5.74, 6) is 0.771. The van der Waals surface area contributed by atoms with Gasteiger partial charge in [-0.3, -0.25) is 4.90 Å². The van der Waals surface area contributed by atoms with Gasteiger partial charge in [-0.15, -0.1) is 24.8 Å². The van der Waals surface area contributed by atoms with Gasteiger partial charge in [0.15, 0.2) is 0 Å². The number of hydrogen-bond donors (Lipinski definition) is 1. The quantitative estimate of drug-likeness (QED) is 0.902. The molecule has 19 heavy (non-hydrogen) atoms. The summed E-state index contributed by atoms with van der Waals surface area (Å²) in [6.07, 6.45) is 6.21. The van der Waals surface area contributed by atoms with Crippen molar-refractivity contribution in [1.82, 2.24) is 10.2 Å². The molecule has 3 nitrogen and oxygen atoms in total. The Morgan fingerprint density at radius 2 is 1.89 bits per heavy atom. The molecular weight excluding hydrogens is 283 g/mol. The Morgan fingerprint density at radius 1 is 1.21 bits per heavy atom. The smallest absolute Gasteiger partial charge is 0.0950 e. The van der Waals surface area contributed by atoms with Gasteiger partial charge in [0.05, 0.1) is 12.5 Å². The van der Waals surface area contributed by atoms with Crippen molar-refractivity contribution in [1.29, 1.82) is 0 Å². The van der Waals surface area contributed by atoms with Crippen LogP contribution in [0.3, 0.4) is 0 Å². The molecule has 1 atom stereocenters. The first-order valence-electron chi connectivity index (χ1n) is 6.74. The monoisotopic (exact) mass is 308 g/mol. The van der Waals surface area contributed by atoms with Crippen LogP contribution in [0, 0.1) is 5.92 Å². The molecule has 1 aliphatic heterocycles. The van der Waals surface area contributed by atoms with Gasteiger partial charge in [-0.2, -0.15) is 0 Å². The van der Waals surface area contributed by atoms with Crippen LogP contribution in [0.25, 0.3) is 0 Å². The number of furan rings is 1. The van der Waals surface area contributed by atoms with Crippen LogP contribution in [-0.2, 0) is 0 Å². The van der Waals surface area contributed by atoms with Gasteiger partial charge in [-0.25, -0.2) is 0 Å². The third-order valence-electron chi connectivity index (χ3n) is 3.54. The maximum Gasteiger partial charge on any atom is 0.0950 e. The topological polar surface area (TPSA) is 28.4 Å². The predicted octanol–water partition coefficient (Wildman–Crippen LogP) is 3.51. The first-order chi connectivity index (χ1) is 8.27. The minimum atomic E-state index is 0. The predicted molar refractivity (Wildman–Crippen MR) is 84.5 cm³/mol. The number of hydrogen-bond acceptors (Lipinski definition) is 3. The number of nitrogens with zero attached hydrogens (tertiary/aromatic N) is 1. The Balaban J connectivity index is 0.00000162. The lowest BCUT2D eigenvalue weighted by Gasteiger charge is -2.34. The average molecular weight is 309 g/mol. The average Bonchev–Trinajstić information content (AvgIpc) is 2.84. The van der Waals surface area contributed by atoms with Crippen molar-refractivity contribution < 1.29 is 4.42 Å². The number of piperazine rings is 1. The summed E-state index contributed by atoms with van der Waals surface area (Å²) in [6.45, 7) is 9.10. The van der Waals surface area contributed by atoms with E-state index in [1.165, 1.54) is 18.4 Å². The summed E-state index contributed by atoms with van der Waals surface area (Å²) in [4.78, 5) is 2.59. The molecule has 0 amide bonds. The molecule has 0 radical (unpaired) electrons. The van der Waals surface area contributed by atoms with Crippen molar-refractivity contribution in [3.05, 3.63) is 24.2 Å². The molecule has 1 N–H and O–H groups in total. The minimum Gasteiger partial charge on any atom is -0.472 e. The van der Waals surface area contributed by atoms with E-state index in [9.17, 15) is 0 Å². The van der Waals surface area contributed by atoms with E-state index in [4.69, 9.17) is 4.42 Å². The zero-order valence-electron chi connectivity index (χ0n) is 11.8. The second-order valence-corrected chi connectivity index (χ2v) is 5.33. The van der Waals surface area contributed by atoms with Gasteiger partial charge in [-0.1, -0.05) is 13.8 Å². The number of rotatable bonds is 5. The maximum absolute atomic E-state index is 5.25. The third-order valence-corrected chi connectivity index (χ3v) is 3.54. The van der Waals surface area contributed by atoms with Crippen molar-refractivity contribution in [2.45, 2.75) is 32.7 Å². The molecule has 2 heterocycles. The first kappa shape index (κ1) is 18.8. The fourth-order valence-corrected chi connectivity index (χ4v) is 2.51. The Morgan fingerprint density at radius 3 is 2.42 bits per heavy atom. The molecule has 1 saturated heterocycles. The minimum absolute atomic E-state index is 0. The van der Waals surface area contributed by atoms with E-state index in [-0.39, 0.29) is 24.8 Å². The van der Waals surface area contributed by atoms with Gasteiger partial charge in [0.25, 0.3) is 0 Å². The highest BCUT2D eigenvalue weighted by Crippen LogP contribution is 2.27. The van der Waals surface area contributed by atoms with Crippen LogP contribution in [0.4, 0.5) is 0 Å². The molecule has 1 fully saturated rings. The van der Waals surface area contributed by atoms with Gasteiger partial charge in [0.1, 0.15) is 0 Å². The van der Waals surface area contributed by atoms with Gasteiger partial charge < -0.3 is 9.73 Å². The van der Waals surface area contributed by atoms with Crippen molar-refractivity contribution in [3.8, 4) is 0 Å². The molecule has 0 saturated carbocycles. The summed E-state index contributed by atoms with van der Waals surface area (Å²) in [5, 5.41) is 3.41. The first-order valence-corrected chi connectivity index (χ1v) is 6.74. The van der Waals surface area contributed by atoms with Crippen molar-refractivity contribution in [2.75, 3.05) is 26.2 Å².